The van der Waals surface area contributed by atoms with E-state index in [-0.39, 0.29) is 29.1 Å². The molecular formula is C16H15ClFNO2S. The molecule has 0 radical (unpaired) electrons. The van der Waals surface area contributed by atoms with Gasteiger partial charge >= 0.3 is 0 Å². The Morgan fingerprint density at radius 3 is 2.41 bits per heavy atom. The maximum absolute atomic E-state index is 13.4. The Bertz CT molecular complexity index is 792. The Kier molecular flexibility index (Phi) is 3.97. The lowest BCUT2D eigenvalue weighted by Gasteiger charge is -2.04. The summed E-state index contributed by atoms with van der Waals surface area (Å²) in [5.74, 6) is -0.827. The van der Waals surface area contributed by atoms with E-state index in [2.05, 4.69) is 0 Å². The average molecular weight is 340 g/mol. The highest BCUT2D eigenvalue weighted by atomic mass is 35.5. The highest BCUT2D eigenvalue weighted by Crippen LogP contribution is 2.53. The molecule has 0 aliphatic heterocycles. The van der Waals surface area contributed by atoms with Gasteiger partial charge in [0.1, 0.15) is 5.82 Å². The van der Waals surface area contributed by atoms with Crippen LogP contribution in [0.2, 0.25) is 5.02 Å². The van der Waals surface area contributed by atoms with Crippen LogP contribution in [0, 0.1) is 11.7 Å². The second-order valence-corrected chi connectivity index (χ2v) is 7.99. The molecule has 6 heteroatoms. The number of halogens is 2. The Morgan fingerprint density at radius 2 is 1.82 bits per heavy atom. The number of nitrogens with two attached hydrogens (primary N) is 1. The van der Waals surface area contributed by atoms with Gasteiger partial charge in [-0.15, -0.1) is 0 Å². The van der Waals surface area contributed by atoms with Crippen molar-refractivity contribution in [1.82, 2.24) is 0 Å². The lowest BCUT2D eigenvalue weighted by Crippen LogP contribution is -2.13. The van der Waals surface area contributed by atoms with Gasteiger partial charge in [0, 0.05) is 10.9 Å². The fourth-order valence-corrected chi connectivity index (χ4v) is 5.33. The SMILES string of the molecule is NC[C@@H]1[C@H](c2cccc(F)c2)[C@@H]1S(=O)(=O)c1ccc(Cl)cc1. The highest BCUT2D eigenvalue weighted by molar-refractivity contribution is 7.92. The van der Waals surface area contributed by atoms with Crippen molar-refractivity contribution in [3.63, 3.8) is 0 Å². The van der Waals surface area contributed by atoms with Crippen molar-refractivity contribution in [3.8, 4) is 0 Å². The van der Waals surface area contributed by atoms with Gasteiger partial charge < -0.3 is 5.73 Å². The van der Waals surface area contributed by atoms with Crippen LogP contribution >= 0.6 is 11.6 Å². The van der Waals surface area contributed by atoms with Gasteiger partial charge in [0.25, 0.3) is 0 Å². The zero-order chi connectivity index (χ0) is 15.9. The largest absolute Gasteiger partial charge is 0.330 e. The van der Waals surface area contributed by atoms with Crippen LogP contribution in [0.5, 0.6) is 0 Å². The average Bonchev–Trinajstić information content (AvgIpc) is 3.23. The van der Waals surface area contributed by atoms with Gasteiger partial charge in [-0.1, -0.05) is 23.7 Å². The Hall–Kier alpha value is -1.43. The van der Waals surface area contributed by atoms with Crippen LogP contribution in [-0.4, -0.2) is 20.2 Å². The van der Waals surface area contributed by atoms with E-state index in [9.17, 15) is 12.8 Å². The van der Waals surface area contributed by atoms with E-state index in [1.54, 1.807) is 24.3 Å². The first-order valence-corrected chi connectivity index (χ1v) is 8.82. The van der Waals surface area contributed by atoms with Crippen LogP contribution in [0.1, 0.15) is 11.5 Å². The van der Waals surface area contributed by atoms with Crippen molar-refractivity contribution in [2.24, 2.45) is 11.7 Å². The monoisotopic (exact) mass is 339 g/mol. The van der Waals surface area contributed by atoms with E-state index < -0.39 is 15.1 Å². The van der Waals surface area contributed by atoms with Gasteiger partial charge in [-0.25, -0.2) is 12.8 Å². The molecule has 0 spiro atoms. The first kappa shape index (κ1) is 15.5. The molecular weight excluding hydrogens is 325 g/mol. The standard InChI is InChI=1S/C16H15ClFNO2S/c17-11-4-6-13(7-5-11)22(20,21)16-14(9-19)15(16)10-2-1-3-12(18)8-10/h1-8,14-16H,9,19H2/t14-,15+,16-/m1/s1. The van der Waals surface area contributed by atoms with Crippen LogP contribution in [0.3, 0.4) is 0 Å². The molecule has 0 aromatic heterocycles. The van der Waals surface area contributed by atoms with E-state index in [4.69, 9.17) is 17.3 Å². The zero-order valence-corrected chi connectivity index (χ0v) is 13.2. The third-order valence-electron chi connectivity index (χ3n) is 4.10. The quantitative estimate of drug-likeness (QED) is 0.931. The molecule has 3 nitrogen and oxygen atoms in total. The summed E-state index contributed by atoms with van der Waals surface area (Å²) < 4.78 is 38.9. The zero-order valence-electron chi connectivity index (χ0n) is 11.6. The highest BCUT2D eigenvalue weighted by Gasteiger charge is 2.58. The van der Waals surface area contributed by atoms with E-state index >= 15 is 0 Å². The van der Waals surface area contributed by atoms with Crippen molar-refractivity contribution in [2.45, 2.75) is 16.1 Å². The summed E-state index contributed by atoms with van der Waals surface area (Å²) in [6.07, 6.45) is 0. The van der Waals surface area contributed by atoms with E-state index in [1.165, 1.54) is 24.3 Å². The predicted molar refractivity (Wildman–Crippen MR) is 84.1 cm³/mol. The summed E-state index contributed by atoms with van der Waals surface area (Å²) in [4.78, 5) is 0.222. The molecule has 116 valence electrons. The topological polar surface area (TPSA) is 60.2 Å². The molecule has 0 unspecified atom stereocenters. The minimum atomic E-state index is -3.52. The van der Waals surface area contributed by atoms with Gasteiger partial charge in [-0.3, -0.25) is 0 Å². The third kappa shape index (κ3) is 2.64. The number of rotatable bonds is 4. The van der Waals surface area contributed by atoms with E-state index in [1.807, 2.05) is 0 Å². The van der Waals surface area contributed by atoms with Crippen molar-refractivity contribution in [2.75, 3.05) is 6.54 Å². The van der Waals surface area contributed by atoms with Gasteiger partial charge in [0.05, 0.1) is 10.1 Å². The molecule has 0 amide bonds. The Balaban J connectivity index is 1.95. The summed E-state index contributed by atoms with van der Waals surface area (Å²) >= 11 is 5.80. The molecule has 2 aromatic carbocycles. The van der Waals surface area contributed by atoms with Crippen LogP contribution < -0.4 is 5.73 Å². The van der Waals surface area contributed by atoms with Crippen LogP contribution in [0.4, 0.5) is 4.39 Å². The smallest absolute Gasteiger partial charge is 0.182 e. The molecule has 0 heterocycles. The van der Waals surface area contributed by atoms with E-state index in [0.29, 0.717) is 10.6 Å². The first-order valence-electron chi connectivity index (χ1n) is 6.90. The summed E-state index contributed by atoms with van der Waals surface area (Å²) in [6.45, 7) is 0.249. The molecule has 1 saturated carbocycles. The Morgan fingerprint density at radius 1 is 1.14 bits per heavy atom. The second-order valence-electron chi connectivity index (χ2n) is 5.44. The van der Waals surface area contributed by atoms with Crippen molar-refractivity contribution in [3.05, 3.63) is 64.9 Å². The van der Waals surface area contributed by atoms with Gasteiger partial charge in [-0.2, -0.15) is 0 Å². The van der Waals surface area contributed by atoms with Crippen molar-refractivity contribution in [1.29, 1.82) is 0 Å². The van der Waals surface area contributed by atoms with Crippen LogP contribution in [0.15, 0.2) is 53.4 Å². The normalized spacial score (nSPS) is 24.2. The minimum absolute atomic E-state index is 0.192. The fraction of sp³-hybridized carbons (Fsp3) is 0.250. The fourth-order valence-electron chi connectivity index (χ4n) is 2.98. The third-order valence-corrected chi connectivity index (χ3v) is 6.64. The molecule has 0 saturated heterocycles. The molecule has 1 fully saturated rings. The van der Waals surface area contributed by atoms with Crippen molar-refractivity contribution < 1.29 is 12.8 Å². The lowest BCUT2D eigenvalue weighted by atomic mass is 10.1. The molecule has 2 aromatic rings. The van der Waals surface area contributed by atoms with Crippen LogP contribution in [-0.2, 0) is 9.84 Å². The van der Waals surface area contributed by atoms with Gasteiger partial charge in [0.2, 0.25) is 0 Å². The minimum Gasteiger partial charge on any atom is -0.330 e. The number of hydrogen-bond donors (Lipinski definition) is 1. The summed E-state index contributed by atoms with van der Waals surface area (Å²) in [5, 5.41) is -0.132. The first-order chi connectivity index (χ1) is 10.4. The number of hydrogen-bond acceptors (Lipinski definition) is 3. The Labute approximate surface area is 133 Å². The predicted octanol–water partition coefficient (Wildman–Crippen LogP) is 2.99. The van der Waals surface area contributed by atoms with Gasteiger partial charge in [-0.05, 0) is 54.4 Å². The molecule has 1 aliphatic rings. The maximum Gasteiger partial charge on any atom is 0.182 e. The van der Waals surface area contributed by atoms with Gasteiger partial charge in [0.15, 0.2) is 9.84 Å². The second kappa shape index (κ2) is 5.65. The lowest BCUT2D eigenvalue weighted by molar-refractivity contribution is 0.591. The molecule has 1 aliphatic carbocycles. The molecule has 22 heavy (non-hydrogen) atoms. The van der Waals surface area contributed by atoms with Crippen molar-refractivity contribution >= 4 is 21.4 Å². The summed E-state index contributed by atoms with van der Waals surface area (Å²) in [5.41, 5.74) is 6.39. The summed E-state index contributed by atoms with van der Waals surface area (Å²) in [6, 6.07) is 12.1. The molecule has 3 atom stereocenters. The van der Waals surface area contributed by atoms with E-state index in [0.717, 1.165) is 0 Å². The number of sulfone groups is 1. The molecule has 3 rings (SSSR count). The summed E-state index contributed by atoms with van der Waals surface area (Å²) in [7, 11) is -3.52. The maximum atomic E-state index is 13.4. The molecule has 2 N–H and O–H groups in total. The molecule has 0 bridgehead atoms. The number of benzene rings is 2. The van der Waals surface area contributed by atoms with Crippen LogP contribution in [0.25, 0.3) is 0 Å².